The molecule has 1 aromatic heterocycles. The van der Waals surface area contributed by atoms with Crippen molar-refractivity contribution in [2.24, 2.45) is 5.92 Å². The van der Waals surface area contributed by atoms with Gasteiger partial charge in [-0.1, -0.05) is 0 Å². The Labute approximate surface area is 142 Å². The number of carbonyl (C=O) groups is 1. The van der Waals surface area contributed by atoms with E-state index < -0.39 is 0 Å². The molecule has 23 heavy (non-hydrogen) atoms. The topological polar surface area (TPSA) is 42.9 Å². The third kappa shape index (κ3) is 3.30. The molecular weight excluding hydrogens is 310 g/mol. The first-order valence-electron chi connectivity index (χ1n) is 8.26. The van der Waals surface area contributed by atoms with Crippen LogP contribution in [-0.4, -0.2) is 85.6 Å². The lowest BCUT2D eigenvalue weighted by Gasteiger charge is -2.39. The average molecular weight is 337 g/mol. The summed E-state index contributed by atoms with van der Waals surface area (Å²) in [7, 11) is 7.92. The number of likely N-dealkylation sites (tertiary alicyclic amines) is 1. The molecule has 1 aromatic rings. The molecule has 3 atom stereocenters. The fraction of sp³-hybridized carbons (Fsp3) is 0.750. The lowest BCUT2D eigenvalue weighted by Crippen LogP contribution is -2.51. The first-order valence-corrected chi connectivity index (χ1v) is 9.14. The maximum absolute atomic E-state index is 12.3. The molecule has 0 radical (unpaired) electrons. The monoisotopic (exact) mass is 337 g/mol. The smallest absolute Gasteiger partial charge is 0.319 e. The second kappa shape index (κ2) is 6.65. The van der Waals surface area contributed by atoms with Crippen LogP contribution in [-0.2, 0) is 0 Å². The van der Waals surface area contributed by atoms with Crippen molar-refractivity contribution in [1.82, 2.24) is 19.7 Å². The molecule has 0 aromatic carbocycles. The van der Waals surface area contributed by atoms with Gasteiger partial charge in [-0.25, -0.2) is 9.78 Å². The number of hydrogen-bond acceptors (Lipinski definition) is 5. The minimum absolute atomic E-state index is 0.139. The Hall–Kier alpha value is -1.34. The number of piperidine rings is 1. The molecule has 2 aliphatic rings. The van der Waals surface area contributed by atoms with Crippen LogP contribution in [0.3, 0.4) is 0 Å². The highest BCUT2D eigenvalue weighted by Gasteiger charge is 2.45. The highest BCUT2D eigenvalue weighted by Crippen LogP contribution is 2.40. The number of thiazole rings is 1. The molecular formula is C16H27N5OS. The number of urea groups is 1. The van der Waals surface area contributed by atoms with Gasteiger partial charge in [0.1, 0.15) is 0 Å². The van der Waals surface area contributed by atoms with Crippen molar-refractivity contribution in [3.63, 3.8) is 0 Å². The van der Waals surface area contributed by atoms with E-state index in [2.05, 4.69) is 34.3 Å². The Kier molecular flexibility index (Phi) is 4.77. The van der Waals surface area contributed by atoms with Gasteiger partial charge in [0.15, 0.2) is 5.13 Å². The van der Waals surface area contributed by atoms with E-state index in [1.54, 1.807) is 16.2 Å². The SMILES string of the molecule is CN(C)C[C@H]1C[C@H]2CN(C(=O)N(C)C)CC[C@H]2N1c1nccs1. The van der Waals surface area contributed by atoms with Gasteiger partial charge < -0.3 is 19.6 Å². The molecule has 7 heteroatoms. The third-order valence-electron chi connectivity index (χ3n) is 4.89. The number of fused-ring (bicyclic) bond motifs is 1. The lowest BCUT2D eigenvalue weighted by atomic mass is 9.92. The minimum Gasteiger partial charge on any atom is -0.340 e. The van der Waals surface area contributed by atoms with Crippen LogP contribution < -0.4 is 4.90 Å². The molecule has 3 heterocycles. The molecule has 128 valence electrons. The molecule has 2 aliphatic heterocycles. The molecule has 0 unspecified atom stereocenters. The van der Waals surface area contributed by atoms with Crippen LogP contribution >= 0.6 is 11.3 Å². The number of anilines is 1. The molecule has 6 nitrogen and oxygen atoms in total. The molecule has 2 amide bonds. The van der Waals surface area contributed by atoms with Crippen molar-refractivity contribution in [3.05, 3.63) is 11.6 Å². The number of nitrogens with zero attached hydrogens (tertiary/aromatic N) is 5. The predicted molar refractivity (Wildman–Crippen MR) is 94.1 cm³/mol. The molecule has 0 N–H and O–H groups in total. The van der Waals surface area contributed by atoms with E-state index in [9.17, 15) is 4.79 Å². The first-order chi connectivity index (χ1) is 11.0. The summed E-state index contributed by atoms with van der Waals surface area (Å²) in [5.41, 5.74) is 0. The van der Waals surface area contributed by atoms with E-state index >= 15 is 0 Å². The number of likely N-dealkylation sites (N-methyl/N-ethyl adjacent to an activating group) is 1. The van der Waals surface area contributed by atoms with Crippen molar-refractivity contribution in [3.8, 4) is 0 Å². The van der Waals surface area contributed by atoms with Crippen molar-refractivity contribution in [2.45, 2.75) is 24.9 Å². The van der Waals surface area contributed by atoms with Gasteiger partial charge in [-0.3, -0.25) is 0 Å². The number of aromatic nitrogens is 1. The Bertz CT molecular complexity index is 533. The van der Waals surface area contributed by atoms with Gasteiger partial charge in [-0.2, -0.15) is 0 Å². The maximum atomic E-state index is 12.3. The number of rotatable bonds is 3. The van der Waals surface area contributed by atoms with Gasteiger partial charge in [0, 0.05) is 57.4 Å². The molecule has 0 bridgehead atoms. The summed E-state index contributed by atoms with van der Waals surface area (Å²) in [6, 6.07) is 1.14. The number of carbonyl (C=O) groups excluding carboxylic acids is 1. The van der Waals surface area contributed by atoms with E-state index in [4.69, 9.17) is 0 Å². The summed E-state index contributed by atoms with van der Waals surface area (Å²) < 4.78 is 0. The van der Waals surface area contributed by atoms with Crippen LogP contribution in [0.5, 0.6) is 0 Å². The predicted octanol–water partition coefficient (Wildman–Crippen LogP) is 1.66. The highest BCUT2D eigenvalue weighted by atomic mass is 32.1. The first kappa shape index (κ1) is 16.5. The maximum Gasteiger partial charge on any atom is 0.319 e. The molecule has 0 spiro atoms. The van der Waals surface area contributed by atoms with Gasteiger partial charge in [-0.05, 0) is 32.9 Å². The largest absolute Gasteiger partial charge is 0.340 e. The second-order valence-corrected chi connectivity index (χ2v) is 7.99. The van der Waals surface area contributed by atoms with Crippen LogP contribution in [0.15, 0.2) is 11.6 Å². The lowest BCUT2D eigenvalue weighted by molar-refractivity contribution is 0.140. The van der Waals surface area contributed by atoms with Gasteiger partial charge >= 0.3 is 6.03 Å². The van der Waals surface area contributed by atoms with Crippen LogP contribution in [0.1, 0.15) is 12.8 Å². The summed E-state index contributed by atoms with van der Waals surface area (Å²) in [6.45, 7) is 2.75. The van der Waals surface area contributed by atoms with Crippen molar-refractivity contribution < 1.29 is 4.79 Å². The zero-order valence-electron chi connectivity index (χ0n) is 14.5. The summed E-state index contributed by atoms with van der Waals surface area (Å²) in [5, 5.41) is 3.19. The third-order valence-corrected chi connectivity index (χ3v) is 5.67. The summed E-state index contributed by atoms with van der Waals surface area (Å²) in [6.07, 6.45) is 4.07. The molecule has 0 saturated carbocycles. The Morgan fingerprint density at radius 1 is 1.39 bits per heavy atom. The molecule has 2 saturated heterocycles. The van der Waals surface area contributed by atoms with E-state index in [-0.39, 0.29) is 6.03 Å². The van der Waals surface area contributed by atoms with Gasteiger partial charge in [0.2, 0.25) is 0 Å². The van der Waals surface area contributed by atoms with E-state index in [0.29, 0.717) is 18.0 Å². The van der Waals surface area contributed by atoms with Crippen molar-refractivity contribution in [1.29, 1.82) is 0 Å². The Balaban J connectivity index is 1.77. The molecule has 2 fully saturated rings. The second-order valence-electron chi connectivity index (χ2n) is 7.11. The van der Waals surface area contributed by atoms with E-state index in [1.165, 1.54) is 0 Å². The average Bonchev–Trinajstić information content (AvgIpc) is 3.11. The standard InChI is InChI=1S/C16H27N5OS/c1-18(2)11-13-9-12-10-20(16(22)19(3)4)7-5-14(12)21(13)15-17-6-8-23-15/h6,8,12-14H,5,7,9-11H2,1-4H3/t12-,13+,14+/m0/s1. The zero-order chi connectivity index (χ0) is 16.6. The van der Waals surface area contributed by atoms with Gasteiger partial charge in [0.05, 0.1) is 0 Å². The van der Waals surface area contributed by atoms with Crippen molar-refractivity contribution >= 4 is 22.5 Å². The fourth-order valence-corrected chi connectivity index (χ4v) is 4.80. The van der Waals surface area contributed by atoms with Crippen LogP contribution in [0.2, 0.25) is 0 Å². The normalized spacial score (nSPS) is 27.4. The Morgan fingerprint density at radius 3 is 2.78 bits per heavy atom. The fourth-order valence-electron chi connectivity index (χ4n) is 4.03. The molecule has 0 aliphatic carbocycles. The Morgan fingerprint density at radius 2 is 2.17 bits per heavy atom. The summed E-state index contributed by atoms with van der Waals surface area (Å²) in [4.78, 5) is 25.3. The quantitative estimate of drug-likeness (QED) is 0.841. The number of amides is 2. The highest BCUT2D eigenvalue weighted by molar-refractivity contribution is 7.13. The van der Waals surface area contributed by atoms with Crippen LogP contribution in [0, 0.1) is 5.92 Å². The van der Waals surface area contributed by atoms with Gasteiger partial charge in [0.25, 0.3) is 0 Å². The van der Waals surface area contributed by atoms with E-state index in [1.807, 2.05) is 25.2 Å². The summed E-state index contributed by atoms with van der Waals surface area (Å²) >= 11 is 1.73. The minimum atomic E-state index is 0.139. The summed E-state index contributed by atoms with van der Waals surface area (Å²) in [5.74, 6) is 0.543. The van der Waals surface area contributed by atoms with Crippen LogP contribution in [0.4, 0.5) is 9.93 Å². The zero-order valence-corrected chi connectivity index (χ0v) is 15.3. The van der Waals surface area contributed by atoms with Gasteiger partial charge in [-0.15, -0.1) is 11.3 Å². The van der Waals surface area contributed by atoms with Crippen LogP contribution in [0.25, 0.3) is 0 Å². The number of hydrogen-bond donors (Lipinski definition) is 0. The molecule has 3 rings (SSSR count). The van der Waals surface area contributed by atoms with Crippen molar-refractivity contribution in [2.75, 3.05) is 52.7 Å². The van der Waals surface area contributed by atoms with E-state index in [0.717, 1.165) is 37.6 Å².